The zero-order valence-electron chi connectivity index (χ0n) is 10.1. The molecule has 0 fully saturated rings. The first-order chi connectivity index (χ1) is 8.47. The van der Waals surface area contributed by atoms with Crippen molar-refractivity contribution >= 4 is 5.97 Å². The molecule has 5 heteroatoms. The van der Waals surface area contributed by atoms with Gasteiger partial charge in [-0.05, 0) is 37.6 Å². The van der Waals surface area contributed by atoms with E-state index in [1.807, 2.05) is 0 Å². The van der Waals surface area contributed by atoms with Crippen molar-refractivity contribution in [1.82, 2.24) is 9.97 Å². The maximum atomic E-state index is 13.2. The third-order valence-corrected chi connectivity index (χ3v) is 2.66. The molecule has 0 atom stereocenters. The summed E-state index contributed by atoms with van der Waals surface area (Å²) in [5.41, 5.74) is 2.33. The number of aryl methyl sites for hydroxylation is 2. The zero-order valence-corrected chi connectivity index (χ0v) is 10.1. The average molecular weight is 248 g/mol. The first-order valence-electron chi connectivity index (χ1n) is 5.51. The van der Waals surface area contributed by atoms with E-state index in [1.54, 1.807) is 26.0 Å². The molecular formula is C13H13FN2O2. The molecule has 2 aromatic rings. The van der Waals surface area contributed by atoms with Crippen molar-refractivity contribution in [1.29, 1.82) is 0 Å². The number of nitrogens with one attached hydrogen (secondary N) is 1. The standard InChI is InChI=1S/C13H13FN2O2/c1-7-5-9(3-4-10(7)14)13-11(6-12(17)18)15-8(2)16-13/h3-5H,6H2,1-2H3,(H,15,16)(H,17,18). The van der Waals surface area contributed by atoms with Crippen LogP contribution in [-0.4, -0.2) is 21.0 Å². The highest BCUT2D eigenvalue weighted by atomic mass is 19.1. The first-order valence-corrected chi connectivity index (χ1v) is 5.51. The van der Waals surface area contributed by atoms with Gasteiger partial charge in [-0.2, -0.15) is 0 Å². The lowest BCUT2D eigenvalue weighted by Gasteiger charge is -2.03. The summed E-state index contributed by atoms with van der Waals surface area (Å²) in [5, 5.41) is 8.84. The summed E-state index contributed by atoms with van der Waals surface area (Å²) in [7, 11) is 0. The molecule has 2 rings (SSSR count). The molecule has 0 amide bonds. The van der Waals surface area contributed by atoms with Crippen molar-refractivity contribution in [2.45, 2.75) is 20.3 Å². The van der Waals surface area contributed by atoms with Gasteiger partial charge in [-0.15, -0.1) is 0 Å². The van der Waals surface area contributed by atoms with E-state index in [4.69, 9.17) is 5.11 Å². The number of benzene rings is 1. The monoisotopic (exact) mass is 248 g/mol. The van der Waals surface area contributed by atoms with Gasteiger partial charge in [0.15, 0.2) is 0 Å². The number of aromatic nitrogens is 2. The van der Waals surface area contributed by atoms with Gasteiger partial charge in [0.2, 0.25) is 0 Å². The Kier molecular flexibility index (Phi) is 3.14. The summed E-state index contributed by atoms with van der Waals surface area (Å²) in [6.45, 7) is 3.42. The molecule has 4 nitrogen and oxygen atoms in total. The predicted octanol–water partition coefficient (Wildman–Crippen LogP) is 2.46. The topological polar surface area (TPSA) is 66.0 Å². The molecule has 0 saturated heterocycles. The molecular weight excluding hydrogens is 235 g/mol. The van der Waals surface area contributed by atoms with Gasteiger partial charge in [0.05, 0.1) is 17.8 Å². The number of H-pyrrole nitrogens is 1. The second kappa shape index (κ2) is 4.60. The minimum Gasteiger partial charge on any atom is -0.481 e. The number of halogens is 1. The summed E-state index contributed by atoms with van der Waals surface area (Å²) >= 11 is 0. The highest BCUT2D eigenvalue weighted by molar-refractivity contribution is 5.74. The summed E-state index contributed by atoms with van der Waals surface area (Å²) in [6.07, 6.45) is -0.132. The Morgan fingerprint density at radius 1 is 1.44 bits per heavy atom. The highest BCUT2D eigenvalue weighted by Gasteiger charge is 2.14. The molecule has 0 aliphatic rings. The Morgan fingerprint density at radius 2 is 2.17 bits per heavy atom. The smallest absolute Gasteiger partial charge is 0.309 e. The number of aromatic amines is 1. The predicted molar refractivity (Wildman–Crippen MR) is 64.8 cm³/mol. The van der Waals surface area contributed by atoms with Crippen LogP contribution in [-0.2, 0) is 11.2 Å². The SMILES string of the molecule is Cc1nc(-c2ccc(F)c(C)c2)c(CC(=O)O)[nH]1. The third-order valence-electron chi connectivity index (χ3n) is 2.66. The van der Waals surface area contributed by atoms with E-state index in [9.17, 15) is 9.18 Å². The second-order valence-electron chi connectivity index (χ2n) is 4.18. The van der Waals surface area contributed by atoms with Crippen LogP contribution >= 0.6 is 0 Å². The average Bonchev–Trinajstić information content (AvgIpc) is 2.62. The van der Waals surface area contributed by atoms with E-state index < -0.39 is 5.97 Å². The fourth-order valence-electron chi connectivity index (χ4n) is 1.85. The number of carboxylic acid groups (broad SMARTS) is 1. The van der Waals surface area contributed by atoms with Gasteiger partial charge in [-0.1, -0.05) is 0 Å². The fraction of sp³-hybridized carbons (Fsp3) is 0.231. The lowest BCUT2D eigenvalue weighted by molar-refractivity contribution is -0.136. The number of hydrogen-bond acceptors (Lipinski definition) is 2. The number of aliphatic carboxylic acids is 1. The van der Waals surface area contributed by atoms with Gasteiger partial charge in [-0.3, -0.25) is 4.79 Å². The molecule has 0 bridgehead atoms. The lowest BCUT2D eigenvalue weighted by Crippen LogP contribution is -2.02. The van der Waals surface area contributed by atoms with E-state index in [0.717, 1.165) is 5.56 Å². The quantitative estimate of drug-likeness (QED) is 0.876. The van der Waals surface area contributed by atoms with Crippen LogP contribution in [0.15, 0.2) is 18.2 Å². The molecule has 0 radical (unpaired) electrons. The van der Waals surface area contributed by atoms with Gasteiger partial charge in [0.1, 0.15) is 11.6 Å². The fourth-order valence-corrected chi connectivity index (χ4v) is 1.85. The summed E-state index contributed by atoms with van der Waals surface area (Å²) < 4.78 is 13.2. The number of imidazole rings is 1. The first kappa shape index (κ1) is 12.3. The van der Waals surface area contributed by atoms with E-state index in [-0.39, 0.29) is 12.2 Å². The van der Waals surface area contributed by atoms with Crippen LogP contribution in [0.2, 0.25) is 0 Å². The number of carboxylic acids is 1. The van der Waals surface area contributed by atoms with E-state index in [1.165, 1.54) is 6.07 Å². The molecule has 0 aliphatic heterocycles. The highest BCUT2D eigenvalue weighted by Crippen LogP contribution is 2.24. The molecule has 2 N–H and O–H groups in total. The van der Waals surface area contributed by atoms with Crippen LogP contribution in [0.5, 0.6) is 0 Å². The van der Waals surface area contributed by atoms with Crippen molar-refractivity contribution in [3.8, 4) is 11.3 Å². The summed E-state index contributed by atoms with van der Waals surface area (Å²) in [5.74, 6) is -0.576. The maximum absolute atomic E-state index is 13.2. The van der Waals surface area contributed by atoms with Crippen LogP contribution in [0.4, 0.5) is 4.39 Å². The Hall–Kier alpha value is -2.17. The van der Waals surface area contributed by atoms with Crippen LogP contribution in [0.3, 0.4) is 0 Å². The van der Waals surface area contributed by atoms with Gasteiger partial charge < -0.3 is 10.1 Å². The largest absolute Gasteiger partial charge is 0.481 e. The van der Waals surface area contributed by atoms with Gasteiger partial charge in [0.25, 0.3) is 0 Å². The van der Waals surface area contributed by atoms with Crippen LogP contribution in [0.1, 0.15) is 17.1 Å². The van der Waals surface area contributed by atoms with Crippen molar-refractivity contribution < 1.29 is 14.3 Å². The van der Waals surface area contributed by atoms with Crippen LogP contribution in [0.25, 0.3) is 11.3 Å². The zero-order chi connectivity index (χ0) is 13.3. The van der Waals surface area contributed by atoms with Crippen LogP contribution < -0.4 is 0 Å². The molecule has 18 heavy (non-hydrogen) atoms. The number of nitrogens with zero attached hydrogens (tertiary/aromatic N) is 1. The Balaban J connectivity index is 2.49. The third kappa shape index (κ3) is 2.40. The van der Waals surface area contributed by atoms with Gasteiger partial charge >= 0.3 is 5.97 Å². The molecule has 1 aromatic carbocycles. The molecule has 0 spiro atoms. The van der Waals surface area contributed by atoms with Crippen molar-refractivity contribution in [3.63, 3.8) is 0 Å². The van der Waals surface area contributed by atoms with Gasteiger partial charge in [-0.25, -0.2) is 9.37 Å². The normalized spacial score (nSPS) is 10.6. The minimum absolute atomic E-state index is 0.132. The van der Waals surface area contributed by atoms with E-state index in [0.29, 0.717) is 22.8 Å². The molecule has 0 aliphatic carbocycles. The number of rotatable bonds is 3. The number of hydrogen-bond donors (Lipinski definition) is 2. The second-order valence-corrected chi connectivity index (χ2v) is 4.18. The van der Waals surface area contributed by atoms with E-state index in [2.05, 4.69) is 9.97 Å². The summed E-state index contributed by atoms with van der Waals surface area (Å²) in [6, 6.07) is 4.62. The summed E-state index contributed by atoms with van der Waals surface area (Å²) in [4.78, 5) is 18.0. The maximum Gasteiger partial charge on any atom is 0.309 e. The molecule has 1 heterocycles. The van der Waals surface area contributed by atoms with Gasteiger partial charge in [0, 0.05) is 5.56 Å². The minimum atomic E-state index is -0.932. The van der Waals surface area contributed by atoms with Crippen molar-refractivity contribution in [3.05, 3.63) is 41.1 Å². The lowest BCUT2D eigenvalue weighted by atomic mass is 10.1. The molecule has 0 saturated carbocycles. The molecule has 94 valence electrons. The Bertz CT molecular complexity index is 605. The van der Waals surface area contributed by atoms with Crippen molar-refractivity contribution in [2.75, 3.05) is 0 Å². The number of carbonyl (C=O) groups is 1. The van der Waals surface area contributed by atoms with Crippen molar-refractivity contribution in [2.24, 2.45) is 0 Å². The Morgan fingerprint density at radius 3 is 2.78 bits per heavy atom. The van der Waals surface area contributed by atoms with Crippen LogP contribution in [0, 0.1) is 19.7 Å². The Labute approximate surface area is 103 Å². The molecule has 1 aromatic heterocycles. The molecule has 0 unspecified atom stereocenters. The van der Waals surface area contributed by atoms with E-state index >= 15 is 0 Å².